The Morgan fingerprint density at radius 2 is 1.61 bits per heavy atom. The first-order chi connectivity index (χ1) is 11.3. The highest BCUT2D eigenvalue weighted by Crippen LogP contribution is 2.20. The smallest absolute Gasteiger partial charge is 0.338 e. The standard InChI is InChI=1S/C20H15NO2/c22-20-18(21-19(23-20)16-7-2-1-3-8-16)13-14-10-11-15-6-4-5-9-17(15)12-14/h1-12,18H,13H2/t18-/m1/s1. The summed E-state index contributed by atoms with van der Waals surface area (Å²) in [5, 5.41) is 2.36. The number of benzene rings is 3. The number of hydrogen-bond acceptors (Lipinski definition) is 3. The quantitative estimate of drug-likeness (QED) is 0.691. The Morgan fingerprint density at radius 3 is 2.43 bits per heavy atom. The summed E-state index contributed by atoms with van der Waals surface area (Å²) in [6.45, 7) is 0. The largest absolute Gasteiger partial charge is 0.406 e. The van der Waals surface area contributed by atoms with E-state index in [0.717, 1.165) is 11.1 Å². The average Bonchev–Trinajstić information content (AvgIpc) is 2.96. The third-order valence-electron chi connectivity index (χ3n) is 4.01. The van der Waals surface area contributed by atoms with Crippen molar-refractivity contribution in [1.29, 1.82) is 0 Å². The van der Waals surface area contributed by atoms with Gasteiger partial charge in [0, 0.05) is 12.0 Å². The molecule has 3 aromatic carbocycles. The Labute approximate surface area is 134 Å². The van der Waals surface area contributed by atoms with Crippen molar-refractivity contribution in [1.82, 2.24) is 0 Å². The molecular weight excluding hydrogens is 286 g/mol. The fourth-order valence-electron chi connectivity index (χ4n) is 2.82. The first kappa shape index (κ1) is 13.7. The summed E-state index contributed by atoms with van der Waals surface area (Å²) < 4.78 is 5.33. The van der Waals surface area contributed by atoms with Crippen LogP contribution in [0.5, 0.6) is 0 Å². The van der Waals surface area contributed by atoms with Crippen LogP contribution < -0.4 is 0 Å². The van der Waals surface area contributed by atoms with Crippen molar-refractivity contribution in [3.8, 4) is 0 Å². The molecule has 1 aliphatic rings. The molecule has 0 radical (unpaired) electrons. The topological polar surface area (TPSA) is 38.7 Å². The number of cyclic esters (lactones) is 1. The van der Waals surface area contributed by atoms with Gasteiger partial charge in [0.1, 0.15) is 0 Å². The minimum Gasteiger partial charge on any atom is -0.406 e. The van der Waals surface area contributed by atoms with Gasteiger partial charge in [0.15, 0.2) is 6.04 Å². The van der Waals surface area contributed by atoms with Gasteiger partial charge in [0.05, 0.1) is 0 Å². The molecule has 0 N–H and O–H groups in total. The van der Waals surface area contributed by atoms with Crippen LogP contribution in [-0.4, -0.2) is 17.9 Å². The van der Waals surface area contributed by atoms with E-state index in [-0.39, 0.29) is 5.97 Å². The van der Waals surface area contributed by atoms with Gasteiger partial charge in [-0.3, -0.25) is 0 Å². The molecular formula is C20H15NO2. The third kappa shape index (κ3) is 2.73. The fourth-order valence-corrected chi connectivity index (χ4v) is 2.82. The number of esters is 1. The van der Waals surface area contributed by atoms with Crippen LogP contribution in [0.4, 0.5) is 0 Å². The summed E-state index contributed by atoms with van der Waals surface area (Å²) in [6.07, 6.45) is 0.556. The highest BCUT2D eigenvalue weighted by Gasteiger charge is 2.29. The van der Waals surface area contributed by atoms with Crippen molar-refractivity contribution in [3.63, 3.8) is 0 Å². The second-order valence-electron chi connectivity index (χ2n) is 5.62. The van der Waals surface area contributed by atoms with E-state index in [9.17, 15) is 4.79 Å². The molecule has 0 bridgehead atoms. The fraction of sp³-hybridized carbons (Fsp3) is 0.100. The predicted molar refractivity (Wildman–Crippen MR) is 90.5 cm³/mol. The number of aliphatic imine (C=N–C) groups is 1. The molecule has 112 valence electrons. The van der Waals surface area contributed by atoms with Crippen LogP contribution in [0.2, 0.25) is 0 Å². The molecule has 3 heteroatoms. The molecule has 3 aromatic rings. The van der Waals surface area contributed by atoms with Crippen LogP contribution in [0.3, 0.4) is 0 Å². The number of ether oxygens (including phenoxy) is 1. The van der Waals surface area contributed by atoms with Crippen LogP contribution in [0.15, 0.2) is 77.8 Å². The Bertz CT molecular complexity index is 900. The van der Waals surface area contributed by atoms with Gasteiger partial charge in [-0.1, -0.05) is 60.7 Å². The first-order valence-electron chi connectivity index (χ1n) is 7.62. The van der Waals surface area contributed by atoms with Gasteiger partial charge in [0.2, 0.25) is 5.90 Å². The van der Waals surface area contributed by atoms with Gasteiger partial charge in [-0.2, -0.15) is 0 Å². The van der Waals surface area contributed by atoms with Crippen LogP contribution in [0.25, 0.3) is 10.8 Å². The number of carbonyl (C=O) groups excluding carboxylic acids is 1. The summed E-state index contributed by atoms with van der Waals surface area (Å²) >= 11 is 0. The lowest BCUT2D eigenvalue weighted by molar-refractivity contribution is -0.134. The molecule has 0 saturated heterocycles. The van der Waals surface area contributed by atoms with Gasteiger partial charge in [-0.25, -0.2) is 9.79 Å². The Morgan fingerprint density at radius 1 is 0.870 bits per heavy atom. The van der Waals surface area contributed by atoms with E-state index < -0.39 is 6.04 Å². The van der Waals surface area contributed by atoms with E-state index in [4.69, 9.17) is 4.74 Å². The molecule has 0 spiro atoms. The normalized spacial score (nSPS) is 17.1. The lowest BCUT2D eigenvalue weighted by Crippen LogP contribution is -2.17. The second kappa shape index (κ2) is 5.69. The molecule has 0 aliphatic carbocycles. The minimum atomic E-state index is -0.466. The first-order valence-corrected chi connectivity index (χ1v) is 7.62. The maximum atomic E-state index is 12.1. The Hall–Kier alpha value is -2.94. The van der Waals surface area contributed by atoms with Crippen LogP contribution in [0.1, 0.15) is 11.1 Å². The van der Waals surface area contributed by atoms with E-state index in [1.807, 2.05) is 48.5 Å². The number of fused-ring (bicyclic) bond motifs is 1. The lowest BCUT2D eigenvalue weighted by atomic mass is 10.0. The maximum Gasteiger partial charge on any atom is 0.338 e. The zero-order valence-electron chi connectivity index (χ0n) is 12.5. The van der Waals surface area contributed by atoms with Crippen molar-refractivity contribution >= 4 is 22.6 Å². The summed E-state index contributed by atoms with van der Waals surface area (Å²) in [5.74, 6) is 0.137. The molecule has 4 rings (SSSR count). The molecule has 1 aliphatic heterocycles. The lowest BCUT2D eigenvalue weighted by Gasteiger charge is -2.05. The number of carbonyl (C=O) groups is 1. The van der Waals surface area contributed by atoms with E-state index >= 15 is 0 Å². The van der Waals surface area contributed by atoms with Gasteiger partial charge in [0.25, 0.3) is 0 Å². The molecule has 0 fully saturated rings. The molecule has 0 amide bonds. The molecule has 0 saturated carbocycles. The van der Waals surface area contributed by atoms with Gasteiger partial charge in [-0.05, 0) is 28.5 Å². The number of rotatable bonds is 3. The highest BCUT2D eigenvalue weighted by molar-refractivity contribution is 6.06. The van der Waals surface area contributed by atoms with E-state index in [1.165, 1.54) is 10.8 Å². The van der Waals surface area contributed by atoms with Gasteiger partial charge < -0.3 is 4.74 Å². The third-order valence-corrected chi connectivity index (χ3v) is 4.01. The average molecular weight is 301 g/mol. The molecule has 1 heterocycles. The van der Waals surface area contributed by atoms with Crippen LogP contribution >= 0.6 is 0 Å². The highest BCUT2D eigenvalue weighted by atomic mass is 16.6. The predicted octanol–water partition coefficient (Wildman–Crippen LogP) is 3.75. The molecule has 3 nitrogen and oxygen atoms in total. The van der Waals surface area contributed by atoms with Crippen LogP contribution in [0, 0.1) is 0 Å². The molecule has 0 unspecified atom stereocenters. The van der Waals surface area contributed by atoms with Crippen molar-refractivity contribution in [2.24, 2.45) is 4.99 Å². The van der Waals surface area contributed by atoms with Crippen molar-refractivity contribution in [2.45, 2.75) is 12.5 Å². The zero-order chi connectivity index (χ0) is 15.6. The van der Waals surface area contributed by atoms with E-state index in [2.05, 4.69) is 29.3 Å². The van der Waals surface area contributed by atoms with Crippen molar-refractivity contribution in [3.05, 3.63) is 83.9 Å². The monoisotopic (exact) mass is 301 g/mol. The molecule has 0 aromatic heterocycles. The zero-order valence-corrected chi connectivity index (χ0v) is 12.5. The van der Waals surface area contributed by atoms with Gasteiger partial charge in [-0.15, -0.1) is 0 Å². The summed E-state index contributed by atoms with van der Waals surface area (Å²) in [5.41, 5.74) is 1.92. The maximum absolute atomic E-state index is 12.1. The van der Waals surface area contributed by atoms with E-state index in [1.54, 1.807) is 0 Å². The Kier molecular flexibility index (Phi) is 3.39. The van der Waals surface area contributed by atoms with Gasteiger partial charge >= 0.3 is 5.97 Å². The number of hydrogen-bond donors (Lipinski definition) is 0. The Balaban J connectivity index is 1.60. The summed E-state index contributed by atoms with van der Waals surface area (Å²) in [4.78, 5) is 16.5. The van der Waals surface area contributed by atoms with Crippen LogP contribution in [-0.2, 0) is 16.0 Å². The molecule has 1 atom stereocenters. The van der Waals surface area contributed by atoms with Crippen molar-refractivity contribution in [2.75, 3.05) is 0 Å². The summed E-state index contributed by atoms with van der Waals surface area (Å²) in [7, 11) is 0. The SMILES string of the molecule is O=C1OC(c2ccccc2)=N[C@@H]1Cc1ccc2ccccc2c1. The second-order valence-corrected chi connectivity index (χ2v) is 5.62. The minimum absolute atomic E-state index is 0.281. The number of nitrogens with zero attached hydrogens (tertiary/aromatic N) is 1. The molecule has 23 heavy (non-hydrogen) atoms. The van der Waals surface area contributed by atoms with Crippen molar-refractivity contribution < 1.29 is 9.53 Å². The van der Waals surface area contributed by atoms with E-state index in [0.29, 0.717) is 12.3 Å². The summed E-state index contributed by atoms with van der Waals surface area (Å²) in [6, 6.07) is 23.5.